The van der Waals surface area contributed by atoms with E-state index >= 15 is 0 Å². The molecule has 1 saturated carbocycles. The van der Waals surface area contributed by atoms with Gasteiger partial charge in [0.05, 0.1) is 18.1 Å². The number of anilines is 3. The van der Waals surface area contributed by atoms with Gasteiger partial charge in [-0.25, -0.2) is 4.98 Å². The molecule has 2 aromatic rings. The highest BCUT2D eigenvalue weighted by molar-refractivity contribution is 7.90. The van der Waals surface area contributed by atoms with Crippen molar-refractivity contribution in [2.45, 2.75) is 44.4 Å². The number of aryl methyl sites for hydroxylation is 1. The number of rotatable bonds is 5. The molecule has 0 bridgehead atoms. The second kappa shape index (κ2) is 7.94. The number of hydrogen-bond acceptors (Lipinski definition) is 7. The normalized spacial score (nSPS) is 25.8. The molecule has 2 aromatic heterocycles. The lowest BCUT2D eigenvalue weighted by atomic mass is 10.0. The van der Waals surface area contributed by atoms with Crippen molar-refractivity contribution in [3.05, 3.63) is 23.6 Å². The molecule has 0 amide bonds. The topological polar surface area (TPSA) is 94.0 Å². The van der Waals surface area contributed by atoms with Crippen LogP contribution < -0.4 is 10.6 Å². The van der Waals surface area contributed by atoms with Crippen molar-refractivity contribution in [3.63, 3.8) is 0 Å². The van der Waals surface area contributed by atoms with Gasteiger partial charge in [0.2, 0.25) is 5.95 Å². The molecule has 8 nitrogen and oxygen atoms in total. The van der Waals surface area contributed by atoms with E-state index in [2.05, 4.69) is 30.0 Å². The van der Waals surface area contributed by atoms with Crippen LogP contribution in [0, 0.1) is 11.8 Å². The minimum absolute atomic E-state index is 0.206. The maximum absolute atomic E-state index is 12.7. The lowest BCUT2D eigenvalue weighted by Crippen LogP contribution is -2.42. The van der Waals surface area contributed by atoms with Gasteiger partial charge in [0.1, 0.15) is 9.77 Å². The van der Waals surface area contributed by atoms with Crippen LogP contribution in [0.4, 0.5) is 17.5 Å². The first-order chi connectivity index (χ1) is 13.7. The lowest BCUT2D eigenvalue weighted by Gasteiger charge is -2.30. The molecule has 1 saturated heterocycles. The molecule has 3 heterocycles. The molecular formula is C19H28ClN7OS. The standard InChI is InChI=1S/C19H28ClN7OS/c1-19(2,3)29(28)27-9-12-5-14(6-13(12)10-27)23-17-16(20)8-21-18(25-17)24-15-7-22-26(4)11-15/h7-8,11-14H,5-6,9-10H2,1-4H3,(H2,21,23,24,25). The second-order valence-electron chi connectivity index (χ2n) is 8.96. The summed E-state index contributed by atoms with van der Waals surface area (Å²) in [6.07, 6.45) is 7.26. The molecule has 3 unspecified atom stereocenters. The van der Waals surface area contributed by atoms with E-state index in [1.807, 2.05) is 34.0 Å². The van der Waals surface area contributed by atoms with Gasteiger partial charge in [-0.2, -0.15) is 10.1 Å². The minimum Gasteiger partial charge on any atom is -0.597 e. The summed E-state index contributed by atoms with van der Waals surface area (Å²) in [5, 5.41) is 11.3. The molecule has 2 aliphatic rings. The number of halogens is 1. The maximum Gasteiger partial charge on any atom is 0.229 e. The predicted molar refractivity (Wildman–Crippen MR) is 117 cm³/mol. The lowest BCUT2D eigenvalue weighted by molar-refractivity contribution is 0.420. The SMILES string of the molecule is Cn1cc(Nc2ncc(Cl)c(NC3CC4CN([S+]([O-])C(C)(C)C)CC4C3)n2)cn1. The molecule has 158 valence electrons. The fourth-order valence-electron chi connectivity index (χ4n) is 4.23. The van der Waals surface area contributed by atoms with Crippen LogP contribution in [0.2, 0.25) is 5.02 Å². The maximum atomic E-state index is 12.7. The first kappa shape index (κ1) is 20.7. The highest BCUT2D eigenvalue weighted by Gasteiger charge is 2.47. The molecule has 0 spiro atoms. The molecular weight excluding hydrogens is 410 g/mol. The van der Waals surface area contributed by atoms with E-state index in [4.69, 9.17) is 11.6 Å². The van der Waals surface area contributed by atoms with Crippen molar-refractivity contribution >= 4 is 40.4 Å². The molecule has 0 radical (unpaired) electrons. The van der Waals surface area contributed by atoms with Crippen LogP contribution in [0.5, 0.6) is 0 Å². The summed E-state index contributed by atoms with van der Waals surface area (Å²) in [4.78, 5) is 8.80. The largest absolute Gasteiger partial charge is 0.597 e. The van der Waals surface area contributed by atoms with Crippen LogP contribution in [0.15, 0.2) is 18.6 Å². The van der Waals surface area contributed by atoms with Gasteiger partial charge >= 0.3 is 0 Å². The van der Waals surface area contributed by atoms with Crippen LogP contribution in [-0.4, -0.2) is 52.5 Å². The number of nitrogens with one attached hydrogen (secondary N) is 2. The number of aromatic nitrogens is 4. The van der Waals surface area contributed by atoms with Crippen molar-refractivity contribution in [2.75, 3.05) is 23.7 Å². The average molecular weight is 438 g/mol. The fourth-order valence-corrected chi connectivity index (χ4v) is 5.81. The second-order valence-corrected chi connectivity index (χ2v) is 11.6. The van der Waals surface area contributed by atoms with Crippen molar-refractivity contribution in [1.29, 1.82) is 0 Å². The van der Waals surface area contributed by atoms with Gasteiger partial charge in [-0.3, -0.25) is 4.68 Å². The molecule has 1 aliphatic carbocycles. The summed E-state index contributed by atoms with van der Waals surface area (Å²) in [6, 6.07) is 0.314. The summed E-state index contributed by atoms with van der Waals surface area (Å²) in [7, 11) is 1.86. The van der Waals surface area contributed by atoms with Crippen molar-refractivity contribution < 1.29 is 4.55 Å². The van der Waals surface area contributed by atoms with Crippen LogP contribution in [0.1, 0.15) is 33.6 Å². The Kier molecular flexibility index (Phi) is 5.67. The Hall–Kier alpha value is -1.55. The van der Waals surface area contributed by atoms with E-state index < -0.39 is 11.4 Å². The van der Waals surface area contributed by atoms with E-state index in [1.54, 1.807) is 17.1 Å². The predicted octanol–water partition coefficient (Wildman–Crippen LogP) is 3.19. The van der Waals surface area contributed by atoms with Crippen LogP contribution in [-0.2, 0) is 18.4 Å². The number of fused-ring (bicyclic) bond motifs is 1. The fraction of sp³-hybridized carbons (Fsp3) is 0.632. The first-order valence-electron chi connectivity index (χ1n) is 9.90. The van der Waals surface area contributed by atoms with E-state index in [9.17, 15) is 4.55 Å². The van der Waals surface area contributed by atoms with Gasteiger partial charge in [-0.05, 0) is 45.4 Å². The summed E-state index contributed by atoms with van der Waals surface area (Å²) in [5.74, 6) is 2.25. The molecule has 1 aliphatic heterocycles. The Balaban J connectivity index is 1.37. The third-order valence-corrected chi connectivity index (χ3v) is 7.61. The van der Waals surface area contributed by atoms with Gasteiger partial charge in [0, 0.05) is 43.7 Å². The zero-order valence-corrected chi connectivity index (χ0v) is 18.8. The van der Waals surface area contributed by atoms with Crippen LogP contribution in [0.25, 0.3) is 0 Å². The van der Waals surface area contributed by atoms with Gasteiger partial charge < -0.3 is 15.2 Å². The Labute approximate surface area is 179 Å². The van der Waals surface area contributed by atoms with Crippen molar-refractivity contribution in [1.82, 2.24) is 24.1 Å². The summed E-state index contributed by atoms with van der Waals surface area (Å²) < 4.78 is 16.3. The molecule has 4 rings (SSSR count). The summed E-state index contributed by atoms with van der Waals surface area (Å²) >= 11 is 5.40. The van der Waals surface area contributed by atoms with Crippen molar-refractivity contribution in [2.24, 2.45) is 18.9 Å². The zero-order valence-electron chi connectivity index (χ0n) is 17.2. The van der Waals surface area contributed by atoms with Crippen LogP contribution >= 0.6 is 11.6 Å². The minimum atomic E-state index is -0.939. The van der Waals surface area contributed by atoms with Crippen LogP contribution in [0.3, 0.4) is 0 Å². The zero-order chi connectivity index (χ0) is 20.8. The molecule has 2 fully saturated rings. The van der Waals surface area contributed by atoms with Gasteiger partial charge in [0.25, 0.3) is 0 Å². The Morgan fingerprint density at radius 3 is 2.48 bits per heavy atom. The van der Waals surface area contributed by atoms with E-state index in [0.717, 1.165) is 31.6 Å². The van der Waals surface area contributed by atoms with Gasteiger partial charge in [-0.1, -0.05) is 11.6 Å². The third kappa shape index (κ3) is 4.63. The van der Waals surface area contributed by atoms with Gasteiger partial charge in [-0.15, -0.1) is 4.31 Å². The molecule has 2 N–H and O–H groups in total. The van der Waals surface area contributed by atoms with E-state index in [0.29, 0.717) is 34.7 Å². The van der Waals surface area contributed by atoms with Gasteiger partial charge in [0.15, 0.2) is 5.82 Å². The first-order valence-corrected chi connectivity index (χ1v) is 11.4. The van der Waals surface area contributed by atoms with E-state index in [1.165, 1.54) is 0 Å². The van der Waals surface area contributed by atoms with Crippen molar-refractivity contribution in [3.8, 4) is 0 Å². The number of nitrogens with zero attached hydrogens (tertiary/aromatic N) is 5. The smallest absolute Gasteiger partial charge is 0.229 e. The monoisotopic (exact) mass is 437 g/mol. The number of hydrogen-bond donors (Lipinski definition) is 2. The Bertz CT molecular complexity index is 856. The highest BCUT2D eigenvalue weighted by Crippen LogP contribution is 2.42. The highest BCUT2D eigenvalue weighted by atomic mass is 35.5. The Morgan fingerprint density at radius 2 is 1.90 bits per heavy atom. The quantitative estimate of drug-likeness (QED) is 0.693. The van der Waals surface area contributed by atoms with E-state index in [-0.39, 0.29) is 4.75 Å². The molecule has 29 heavy (non-hydrogen) atoms. The third-order valence-electron chi connectivity index (χ3n) is 5.52. The molecule has 0 aromatic carbocycles. The summed E-state index contributed by atoms with van der Waals surface area (Å²) in [5.41, 5.74) is 0.822. The molecule has 3 atom stereocenters. The average Bonchev–Trinajstić information content (AvgIpc) is 3.31. The Morgan fingerprint density at radius 1 is 1.21 bits per heavy atom. The molecule has 10 heteroatoms. The summed E-state index contributed by atoms with van der Waals surface area (Å²) in [6.45, 7) is 7.91.